The van der Waals surface area contributed by atoms with Crippen molar-refractivity contribution in [3.8, 4) is 0 Å². The van der Waals surface area contributed by atoms with E-state index in [1.807, 2.05) is 16.7 Å². The predicted octanol–water partition coefficient (Wildman–Crippen LogP) is 3.11. The van der Waals surface area contributed by atoms with Crippen molar-refractivity contribution in [1.82, 2.24) is 4.90 Å². The molecule has 20 heavy (non-hydrogen) atoms. The van der Waals surface area contributed by atoms with Crippen LogP contribution in [0.2, 0.25) is 0 Å². The smallest absolute Gasteiger partial charge is 0.335 e. The van der Waals surface area contributed by atoms with Gasteiger partial charge in [0.15, 0.2) is 0 Å². The molecule has 4 nitrogen and oxygen atoms in total. The molecule has 0 saturated carbocycles. The topological polar surface area (TPSA) is 57.6 Å². The fraction of sp³-hybridized carbons (Fsp3) is 0.429. The monoisotopic (exact) mass is 357 g/mol. The summed E-state index contributed by atoms with van der Waals surface area (Å²) in [6.45, 7) is 3.57. The van der Waals surface area contributed by atoms with Crippen LogP contribution in [-0.2, 0) is 0 Å². The molecule has 1 heterocycles. The minimum absolute atomic E-state index is 0.0902. The van der Waals surface area contributed by atoms with Crippen molar-refractivity contribution in [1.29, 1.82) is 0 Å². The molecule has 6 heteroatoms. The third-order valence-electron chi connectivity index (χ3n) is 3.27. The summed E-state index contributed by atoms with van der Waals surface area (Å²) in [4.78, 5) is 25.4. The molecule has 1 fully saturated rings. The Morgan fingerprint density at radius 1 is 1.40 bits per heavy atom. The number of nitrogens with zero attached hydrogens (tertiary/aromatic N) is 1. The van der Waals surface area contributed by atoms with Gasteiger partial charge in [0.25, 0.3) is 5.91 Å². The highest BCUT2D eigenvalue weighted by molar-refractivity contribution is 9.10. The van der Waals surface area contributed by atoms with Gasteiger partial charge in [-0.25, -0.2) is 4.79 Å². The first kappa shape index (κ1) is 15.4. The van der Waals surface area contributed by atoms with Gasteiger partial charge in [-0.1, -0.05) is 22.9 Å². The Morgan fingerprint density at radius 2 is 2.10 bits per heavy atom. The number of carboxylic acids is 1. The molecule has 108 valence electrons. The van der Waals surface area contributed by atoms with Crippen LogP contribution >= 0.6 is 27.7 Å². The van der Waals surface area contributed by atoms with Crippen molar-refractivity contribution in [2.75, 3.05) is 18.8 Å². The van der Waals surface area contributed by atoms with Gasteiger partial charge < -0.3 is 10.0 Å². The Labute approximate surface area is 130 Å². The van der Waals surface area contributed by atoms with Gasteiger partial charge in [0.05, 0.1) is 5.56 Å². The maximum Gasteiger partial charge on any atom is 0.335 e. The Bertz CT molecular complexity index is 535. The molecule has 2 rings (SSSR count). The molecule has 0 radical (unpaired) electrons. The van der Waals surface area contributed by atoms with E-state index in [2.05, 4.69) is 22.9 Å². The van der Waals surface area contributed by atoms with E-state index in [9.17, 15) is 9.59 Å². The summed E-state index contributed by atoms with van der Waals surface area (Å²) in [5.74, 6) is -0.183. The molecule has 0 spiro atoms. The van der Waals surface area contributed by atoms with Crippen LogP contribution in [0.1, 0.15) is 34.1 Å². The quantitative estimate of drug-likeness (QED) is 0.902. The van der Waals surface area contributed by atoms with Crippen molar-refractivity contribution in [2.45, 2.75) is 18.6 Å². The second-order valence-electron chi connectivity index (χ2n) is 4.69. The molecule has 0 aliphatic carbocycles. The van der Waals surface area contributed by atoms with Gasteiger partial charge >= 0.3 is 5.97 Å². The van der Waals surface area contributed by atoms with Crippen LogP contribution in [-0.4, -0.2) is 46.0 Å². The number of rotatable bonds is 3. The zero-order valence-electron chi connectivity index (χ0n) is 11.1. The average Bonchev–Trinajstić information content (AvgIpc) is 2.45. The van der Waals surface area contributed by atoms with E-state index >= 15 is 0 Å². The van der Waals surface area contributed by atoms with Crippen molar-refractivity contribution >= 4 is 39.6 Å². The minimum atomic E-state index is -1.03. The average molecular weight is 358 g/mol. The van der Waals surface area contributed by atoms with E-state index in [-0.39, 0.29) is 11.5 Å². The molecule has 1 aliphatic heterocycles. The number of benzene rings is 1. The van der Waals surface area contributed by atoms with Gasteiger partial charge in [-0.3, -0.25) is 4.79 Å². The number of aromatic carboxylic acids is 1. The molecule has 1 aliphatic rings. The molecule has 1 aromatic carbocycles. The largest absolute Gasteiger partial charge is 0.478 e. The Kier molecular flexibility index (Phi) is 5.10. The highest BCUT2D eigenvalue weighted by Gasteiger charge is 2.24. The van der Waals surface area contributed by atoms with Crippen molar-refractivity contribution in [2.24, 2.45) is 0 Å². The summed E-state index contributed by atoms with van der Waals surface area (Å²) in [5.41, 5.74) is 0.555. The second-order valence-corrected chi connectivity index (χ2v) is 7.01. The molecule has 1 unspecified atom stereocenters. The molecule has 1 atom stereocenters. The standard InChI is InChI=1S/C14H16BrNO3S/c1-2-12-8-16(3-4-20-12)13(17)9-5-10(14(18)19)7-11(15)6-9/h5-7,12H,2-4,8H2,1H3,(H,18,19). The normalized spacial score (nSPS) is 18.9. The second kappa shape index (κ2) is 6.63. The van der Waals surface area contributed by atoms with Gasteiger partial charge in [0, 0.05) is 34.1 Å². The van der Waals surface area contributed by atoms with E-state index in [1.165, 1.54) is 12.1 Å². The van der Waals surface area contributed by atoms with Gasteiger partial charge in [0.2, 0.25) is 0 Å². The number of thioether (sulfide) groups is 1. The van der Waals surface area contributed by atoms with Gasteiger partial charge in [-0.15, -0.1) is 0 Å². The summed E-state index contributed by atoms with van der Waals surface area (Å²) in [5, 5.41) is 9.53. The van der Waals surface area contributed by atoms with Gasteiger partial charge in [-0.2, -0.15) is 11.8 Å². The number of carbonyl (C=O) groups excluding carboxylic acids is 1. The highest BCUT2D eigenvalue weighted by Crippen LogP contribution is 2.24. The third kappa shape index (κ3) is 3.55. The molecule has 1 saturated heterocycles. The number of carboxylic acid groups (broad SMARTS) is 1. The van der Waals surface area contributed by atoms with Gasteiger partial charge in [-0.05, 0) is 24.6 Å². The number of hydrogen-bond donors (Lipinski definition) is 1. The first-order chi connectivity index (χ1) is 9.51. The molecular formula is C14H16BrNO3S. The summed E-state index contributed by atoms with van der Waals surface area (Å²) >= 11 is 5.15. The molecule has 0 aromatic heterocycles. The maximum absolute atomic E-state index is 12.5. The first-order valence-corrected chi connectivity index (χ1v) is 8.30. The van der Waals surface area contributed by atoms with Crippen LogP contribution < -0.4 is 0 Å². The van der Waals surface area contributed by atoms with Crippen LogP contribution in [0, 0.1) is 0 Å². The van der Waals surface area contributed by atoms with E-state index < -0.39 is 5.97 Å². The predicted molar refractivity (Wildman–Crippen MR) is 83.5 cm³/mol. The fourth-order valence-corrected chi connectivity index (χ4v) is 3.84. The lowest BCUT2D eigenvalue weighted by Gasteiger charge is -2.32. The molecule has 1 N–H and O–H groups in total. The first-order valence-electron chi connectivity index (χ1n) is 6.46. The van der Waals surface area contributed by atoms with E-state index in [4.69, 9.17) is 5.11 Å². The summed E-state index contributed by atoms with van der Waals surface area (Å²) in [7, 11) is 0. The van der Waals surface area contributed by atoms with Crippen LogP contribution in [0.15, 0.2) is 22.7 Å². The molecule has 0 bridgehead atoms. The van der Waals surface area contributed by atoms with Crippen LogP contribution in [0.5, 0.6) is 0 Å². The minimum Gasteiger partial charge on any atom is -0.478 e. The van der Waals surface area contributed by atoms with E-state index in [0.29, 0.717) is 15.3 Å². The number of carbonyl (C=O) groups is 2. The molecular weight excluding hydrogens is 342 g/mol. The Morgan fingerprint density at radius 3 is 2.75 bits per heavy atom. The van der Waals surface area contributed by atoms with Crippen molar-refractivity contribution in [3.05, 3.63) is 33.8 Å². The maximum atomic E-state index is 12.5. The lowest BCUT2D eigenvalue weighted by Crippen LogP contribution is -2.41. The number of halogens is 1. The van der Waals surface area contributed by atoms with Crippen LogP contribution in [0.25, 0.3) is 0 Å². The van der Waals surface area contributed by atoms with E-state index in [1.54, 1.807) is 6.07 Å². The zero-order chi connectivity index (χ0) is 14.7. The van der Waals surface area contributed by atoms with Crippen LogP contribution in [0.3, 0.4) is 0 Å². The highest BCUT2D eigenvalue weighted by atomic mass is 79.9. The number of hydrogen-bond acceptors (Lipinski definition) is 3. The van der Waals surface area contributed by atoms with Crippen molar-refractivity contribution < 1.29 is 14.7 Å². The third-order valence-corrected chi connectivity index (χ3v) is 5.10. The number of amides is 1. The molecule has 1 amide bonds. The van der Waals surface area contributed by atoms with Gasteiger partial charge in [0.1, 0.15) is 0 Å². The Balaban J connectivity index is 2.22. The Hall–Kier alpha value is -1.01. The SMILES string of the molecule is CCC1CN(C(=O)c2cc(Br)cc(C(=O)O)c2)CCS1. The van der Waals surface area contributed by atoms with Crippen LogP contribution in [0.4, 0.5) is 0 Å². The molecule has 1 aromatic rings. The van der Waals surface area contributed by atoms with Crippen molar-refractivity contribution in [3.63, 3.8) is 0 Å². The fourth-order valence-electron chi connectivity index (χ4n) is 2.17. The summed E-state index contributed by atoms with van der Waals surface area (Å²) < 4.78 is 0.610. The lowest BCUT2D eigenvalue weighted by molar-refractivity contribution is 0.0697. The lowest BCUT2D eigenvalue weighted by atomic mass is 10.1. The summed E-state index contributed by atoms with van der Waals surface area (Å²) in [6, 6.07) is 4.62. The summed E-state index contributed by atoms with van der Waals surface area (Å²) in [6.07, 6.45) is 1.04. The zero-order valence-corrected chi connectivity index (χ0v) is 13.5. The van der Waals surface area contributed by atoms with E-state index in [0.717, 1.165) is 25.3 Å².